The molecule has 124 valence electrons. The maximum Gasteiger partial charge on any atom is 0.280 e. The van der Waals surface area contributed by atoms with Gasteiger partial charge < -0.3 is 9.47 Å². The van der Waals surface area contributed by atoms with Gasteiger partial charge in [-0.1, -0.05) is 0 Å². The van der Waals surface area contributed by atoms with Crippen LogP contribution in [0.2, 0.25) is 0 Å². The summed E-state index contributed by atoms with van der Waals surface area (Å²) in [5, 5.41) is 13.7. The summed E-state index contributed by atoms with van der Waals surface area (Å²) in [7, 11) is 0. The molecule has 2 heterocycles. The Morgan fingerprint density at radius 2 is 2.04 bits per heavy atom. The van der Waals surface area contributed by atoms with Crippen LogP contribution in [0.5, 0.6) is 11.5 Å². The molecule has 0 saturated carbocycles. The second kappa shape index (κ2) is 5.89. The van der Waals surface area contributed by atoms with E-state index in [0.717, 1.165) is 6.08 Å². The van der Waals surface area contributed by atoms with Crippen molar-refractivity contribution in [1.82, 2.24) is 10.2 Å². The lowest BCUT2D eigenvalue weighted by atomic mass is 10.1. The van der Waals surface area contributed by atoms with Gasteiger partial charge in [-0.05, 0) is 31.3 Å². The second-order valence-electron chi connectivity index (χ2n) is 4.89. The largest absolute Gasteiger partial charge is 0.454 e. The minimum absolute atomic E-state index is 0.00448. The molecular formula is C14H11N3O6S. The van der Waals surface area contributed by atoms with E-state index in [9.17, 15) is 19.7 Å². The highest BCUT2D eigenvalue weighted by Gasteiger charge is 2.33. The van der Waals surface area contributed by atoms with Crippen molar-refractivity contribution in [1.29, 1.82) is 0 Å². The number of thiocarbonyl (C=S) groups is 1. The highest BCUT2D eigenvalue weighted by molar-refractivity contribution is 7.80. The molecule has 1 saturated heterocycles. The van der Waals surface area contributed by atoms with E-state index < -0.39 is 16.7 Å². The van der Waals surface area contributed by atoms with Crippen LogP contribution in [0, 0.1) is 10.1 Å². The Bertz CT molecular complexity index is 819. The zero-order valence-electron chi connectivity index (χ0n) is 12.4. The third kappa shape index (κ3) is 2.56. The van der Waals surface area contributed by atoms with Crippen LogP contribution in [-0.4, -0.2) is 40.1 Å². The van der Waals surface area contributed by atoms with Gasteiger partial charge in [0, 0.05) is 6.54 Å². The van der Waals surface area contributed by atoms with Crippen LogP contribution in [0.1, 0.15) is 12.5 Å². The smallest absolute Gasteiger partial charge is 0.280 e. The lowest BCUT2D eigenvalue weighted by Gasteiger charge is -2.27. The van der Waals surface area contributed by atoms with Crippen molar-refractivity contribution in [2.24, 2.45) is 0 Å². The summed E-state index contributed by atoms with van der Waals surface area (Å²) in [6.45, 7) is 1.91. The van der Waals surface area contributed by atoms with Crippen molar-refractivity contribution in [2.45, 2.75) is 6.92 Å². The van der Waals surface area contributed by atoms with Crippen molar-refractivity contribution in [3.63, 3.8) is 0 Å². The van der Waals surface area contributed by atoms with E-state index in [4.69, 9.17) is 21.7 Å². The lowest BCUT2D eigenvalue weighted by Crippen LogP contribution is -2.53. The molecule has 1 fully saturated rings. The summed E-state index contributed by atoms with van der Waals surface area (Å²) < 4.78 is 10.3. The Labute approximate surface area is 141 Å². The Kier molecular flexibility index (Phi) is 3.89. The van der Waals surface area contributed by atoms with Crippen molar-refractivity contribution in [3.05, 3.63) is 33.4 Å². The number of nitrogens with zero attached hydrogens (tertiary/aromatic N) is 2. The number of carbonyl (C=O) groups excluding carboxylic acids is 2. The van der Waals surface area contributed by atoms with Crippen molar-refractivity contribution in [2.75, 3.05) is 13.3 Å². The zero-order chi connectivity index (χ0) is 17.4. The summed E-state index contributed by atoms with van der Waals surface area (Å²) in [5.74, 6) is -0.779. The molecule has 24 heavy (non-hydrogen) atoms. The van der Waals surface area contributed by atoms with Crippen LogP contribution >= 0.6 is 12.2 Å². The number of amides is 2. The van der Waals surface area contributed by atoms with Crippen LogP contribution < -0.4 is 14.8 Å². The molecule has 1 aromatic rings. The molecule has 10 heteroatoms. The zero-order valence-corrected chi connectivity index (χ0v) is 13.2. The standard InChI is InChI=1S/C14H11N3O6S/c1-2-16-13(19)8(12(18)15-14(16)24)3-7-4-10-11(23-6-22-10)5-9(7)17(20)21/h3-5H,2,6H2,1H3,(H,15,18,24). The molecule has 3 rings (SSSR count). The first-order valence-electron chi connectivity index (χ1n) is 6.89. The minimum atomic E-state index is -0.707. The van der Waals surface area contributed by atoms with Gasteiger partial charge in [-0.15, -0.1) is 0 Å². The van der Waals surface area contributed by atoms with Crippen LogP contribution in [0.4, 0.5) is 5.69 Å². The fraction of sp³-hybridized carbons (Fsp3) is 0.214. The highest BCUT2D eigenvalue weighted by Crippen LogP contribution is 2.38. The fourth-order valence-electron chi connectivity index (χ4n) is 2.36. The van der Waals surface area contributed by atoms with E-state index in [2.05, 4.69) is 5.32 Å². The van der Waals surface area contributed by atoms with Gasteiger partial charge >= 0.3 is 0 Å². The number of fused-ring (bicyclic) bond motifs is 1. The molecule has 1 aromatic carbocycles. The summed E-state index contributed by atoms with van der Waals surface area (Å²) in [6, 6.07) is 2.55. The topological polar surface area (TPSA) is 111 Å². The number of nitro benzene ring substituents is 1. The summed E-state index contributed by atoms with van der Waals surface area (Å²) in [4.78, 5) is 36.3. The molecule has 9 nitrogen and oxygen atoms in total. The summed E-state index contributed by atoms with van der Waals surface area (Å²) in [6.07, 6.45) is 1.15. The number of hydrogen-bond donors (Lipinski definition) is 1. The average Bonchev–Trinajstić information content (AvgIpc) is 2.98. The first kappa shape index (κ1) is 15.9. The van der Waals surface area contributed by atoms with Gasteiger partial charge in [0.1, 0.15) is 5.57 Å². The predicted molar refractivity (Wildman–Crippen MR) is 85.3 cm³/mol. The van der Waals surface area contributed by atoms with Gasteiger partial charge in [0.05, 0.1) is 16.6 Å². The molecule has 2 amide bonds. The summed E-state index contributed by atoms with van der Waals surface area (Å²) in [5.41, 5.74) is -0.484. The molecule has 0 aliphatic carbocycles. The molecule has 0 spiro atoms. The number of nitrogens with one attached hydrogen (secondary N) is 1. The molecule has 0 aromatic heterocycles. The number of ether oxygens (including phenoxy) is 2. The van der Waals surface area contributed by atoms with Gasteiger partial charge in [0.25, 0.3) is 17.5 Å². The average molecular weight is 349 g/mol. The molecule has 1 N–H and O–H groups in total. The SMILES string of the molecule is CCN1C(=O)C(=Cc2cc3c(cc2[N+](=O)[O-])OCO3)C(=O)NC1=S. The number of likely N-dealkylation sites (N-methyl/N-ethyl adjacent to an activating group) is 1. The predicted octanol–water partition coefficient (Wildman–Crippen LogP) is 0.970. The van der Waals surface area contributed by atoms with E-state index in [1.165, 1.54) is 17.0 Å². The third-order valence-corrected chi connectivity index (χ3v) is 3.84. The Morgan fingerprint density at radius 3 is 2.67 bits per heavy atom. The quantitative estimate of drug-likeness (QED) is 0.284. The van der Waals surface area contributed by atoms with Crippen LogP contribution in [-0.2, 0) is 9.59 Å². The van der Waals surface area contributed by atoms with Crippen molar-refractivity contribution in [3.8, 4) is 11.5 Å². The fourth-order valence-corrected chi connectivity index (χ4v) is 2.66. The first-order valence-corrected chi connectivity index (χ1v) is 7.30. The van der Waals surface area contributed by atoms with Gasteiger partial charge in [-0.2, -0.15) is 0 Å². The Balaban J connectivity index is 2.10. The number of hydrogen-bond acceptors (Lipinski definition) is 7. The molecule has 0 radical (unpaired) electrons. The van der Waals surface area contributed by atoms with E-state index >= 15 is 0 Å². The molecule has 0 unspecified atom stereocenters. The first-order chi connectivity index (χ1) is 11.4. The Morgan fingerprint density at radius 1 is 1.38 bits per heavy atom. The molecule has 2 aliphatic heterocycles. The number of rotatable bonds is 3. The maximum atomic E-state index is 12.4. The van der Waals surface area contributed by atoms with Gasteiger partial charge in [-0.25, -0.2) is 0 Å². The van der Waals surface area contributed by atoms with Crippen LogP contribution in [0.3, 0.4) is 0 Å². The number of nitro groups is 1. The van der Waals surface area contributed by atoms with E-state index in [-0.39, 0.29) is 41.0 Å². The Hall–Kier alpha value is -3.01. The number of benzene rings is 1. The highest BCUT2D eigenvalue weighted by atomic mass is 32.1. The van der Waals surface area contributed by atoms with Crippen molar-refractivity contribution < 1.29 is 24.0 Å². The van der Waals surface area contributed by atoms with E-state index in [1.54, 1.807) is 6.92 Å². The van der Waals surface area contributed by atoms with Crippen LogP contribution in [0.25, 0.3) is 6.08 Å². The number of carbonyl (C=O) groups is 2. The lowest BCUT2D eigenvalue weighted by molar-refractivity contribution is -0.385. The maximum absolute atomic E-state index is 12.4. The van der Waals surface area contributed by atoms with Gasteiger partial charge in [-0.3, -0.25) is 29.9 Å². The molecule has 0 bridgehead atoms. The van der Waals surface area contributed by atoms with Crippen LogP contribution in [0.15, 0.2) is 17.7 Å². The van der Waals surface area contributed by atoms with Gasteiger partial charge in [0.2, 0.25) is 6.79 Å². The molecule has 2 aliphatic rings. The normalized spacial score (nSPS) is 18.1. The van der Waals surface area contributed by atoms with E-state index in [1.807, 2.05) is 0 Å². The summed E-state index contributed by atoms with van der Waals surface area (Å²) >= 11 is 4.93. The molecular weight excluding hydrogens is 338 g/mol. The molecule has 0 atom stereocenters. The monoisotopic (exact) mass is 349 g/mol. The van der Waals surface area contributed by atoms with Gasteiger partial charge in [0.15, 0.2) is 16.6 Å². The van der Waals surface area contributed by atoms with E-state index in [0.29, 0.717) is 5.75 Å². The second-order valence-corrected chi connectivity index (χ2v) is 5.27. The van der Waals surface area contributed by atoms with Crippen molar-refractivity contribution >= 4 is 40.9 Å². The minimum Gasteiger partial charge on any atom is -0.454 e. The third-order valence-electron chi connectivity index (χ3n) is 3.52.